The van der Waals surface area contributed by atoms with E-state index in [4.69, 9.17) is 5.11 Å². The Morgan fingerprint density at radius 2 is 1.77 bits per heavy atom. The molecule has 0 saturated carbocycles. The number of unbranched alkanes of at least 4 members (excludes halogenated alkanes) is 1. The number of carbonyl (C=O) groups is 2. The van der Waals surface area contributed by atoms with Gasteiger partial charge in [-0.15, -0.1) is 0 Å². The molecule has 0 aliphatic carbocycles. The van der Waals surface area contributed by atoms with Crippen molar-refractivity contribution in [2.45, 2.75) is 49.2 Å². The molecule has 2 aromatic carbocycles. The van der Waals surface area contributed by atoms with Crippen molar-refractivity contribution in [1.82, 2.24) is 0 Å². The fourth-order valence-electron chi connectivity index (χ4n) is 2.90. The highest BCUT2D eigenvalue weighted by atomic mass is 33.1. The topological polar surface area (TPSA) is 66.4 Å². The van der Waals surface area contributed by atoms with Gasteiger partial charge in [0.2, 0.25) is 0 Å². The van der Waals surface area contributed by atoms with E-state index in [-0.39, 0.29) is 22.8 Å². The van der Waals surface area contributed by atoms with Crippen molar-refractivity contribution in [3.05, 3.63) is 60.2 Å². The Morgan fingerprint density at radius 1 is 1.06 bits per heavy atom. The minimum Gasteiger partial charge on any atom is -0.481 e. The quantitative estimate of drug-likeness (QED) is 0.178. The van der Waals surface area contributed by atoms with E-state index in [1.807, 2.05) is 54.6 Å². The molecule has 31 heavy (non-hydrogen) atoms. The minimum absolute atomic E-state index is 0.113. The van der Waals surface area contributed by atoms with E-state index < -0.39 is 5.97 Å². The molecule has 0 radical (unpaired) electrons. The Balaban J connectivity index is 1.99. The molecule has 2 aromatic rings. The number of aliphatic carboxylic acids is 1. The molecule has 2 atom stereocenters. The summed E-state index contributed by atoms with van der Waals surface area (Å²) in [4.78, 5) is 24.5. The van der Waals surface area contributed by atoms with Gasteiger partial charge in [-0.1, -0.05) is 71.1 Å². The van der Waals surface area contributed by atoms with Crippen molar-refractivity contribution in [1.29, 1.82) is 0 Å². The Morgan fingerprint density at radius 3 is 2.48 bits per heavy atom. The fraction of sp³-hybridized carbons (Fsp3) is 0.375. The van der Waals surface area contributed by atoms with Crippen LogP contribution >= 0.6 is 32.1 Å². The molecule has 2 N–H and O–H groups in total. The Hall–Kier alpha value is -1.70. The van der Waals surface area contributed by atoms with E-state index in [0.717, 1.165) is 41.4 Å². The van der Waals surface area contributed by atoms with Crippen LogP contribution in [-0.4, -0.2) is 39.6 Å². The summed E-state index contributed by atoms with van der Waals surface area (Å²) < 4.78 is 0. The number of para-hydroxylation sites is 1. The van der Waals surface area contributed by atoms with Crippen molar-refractivity contribution in [3.8, 4) is 0 Å². The van der Waals surface area contributed by atoms with E-state index in [1.54, 1.807) is 21.6 Å². The zero-order valence-electron chi connectivity index (χ0n) is 17.9. The van der Waals surface area contributed by atoms with Crippen LogP contribution < -0.4 is 5.32 Å². The lowest BCUT2D eigenvalue weighted by Crippen LogP contribution is -2.12. The van der Waals surface area contributed by atoms with Gasteiger partial charge in [-0.2, -0.15) is 10.5 Å². The van der Waals surface area contributed by atoms with Gasteiger partial charge >= 0.3 is 5.97 Å². The van der Waals surface area contributed by atoms with E-state index in [0.29, 0.717) is 17.2 Å². The molecule has 0 aromatic heterocycles. The Kier molecular flexibility index (Phi) is 11.9. The number of anilines is 1. The molecule has 2 unspecified atom stereocenters. The van der Waals surface area contributed by atoms with Crippen molar-refractivity contribution < 1.29 is 14.7 Å². The third kappa shape index (κ3) is 9.97. The zero-order chi connectivity index (χ0) is 22.5. The Bertz CT molecular complexity index is 858. The number of hydrogen-bond acceptors (Lipinski definition) is 4. The summed E-state index contributed by atoms with van der Waals surface area (Å²) in [6.45, 7) is 2.17. The van der Waals surface area contributed by atoms with Gasteiger partial charge in [0, 0.05) is 22.3 Å². The maximum Gasteiger partial charge on any atom is 0.303 e. The number of carbonyl (C=O) groups excluding carboxylic acids is 1. The van der Waals surface area contributed by atoms with Gasteiger partial charge in [-0.05, 0) is 55.0 Å². The molecule has 0 fully saturated rings. The lowest BCUT2D eigenvalue weighted by Gasteiger charge is -2.17. The van der Waals surface area contributed by atoms with Crippen LogP contribution in [0.25, 0.3) is 0 Å². The second-order valence-electron chi connectivity index (χ2n) is 7.15. The van der Waals surface area contributed by atoms with Gasteiger partial charge in [-0.25, -0.2) is 0 Å². The molecule has 0 aliphatic rings. The highest BCUT2D eigenvalue weighted by Crippen LogP contribution is 2.40. The van der Waals surface area contributed by atoms with E-state index in [1.165, 1.54) is 0 Å². The van der Waals surface area contributed by atoms with Gasteiger partial charge in [-0.3, -0.25) is 9.59 Å². The molecular formula is C24H31NO3S3. The molecule has 0 spiro atoms. The summed E-state index contributed by atoms with van der Waals surface area (Å²) in [5.41, 5.74) is 1.44. The number of amides is 1. The summed E-state index contributed by atoms with van der Waals surface area (Å²) in [7, 11) is 3.60. The van der Waals surface area contributed by atoms with Crippen LogP contribution in [0, 0.1) is 0 Å². The number of nitrogens with one attached hydrogen (secondary N) is 1. The van der Waals surface area contributed by atoms with Crippen molar-refractivity contribution in [2.75, 3.05) is 16.8 Å². The molecule has 1 amide bonds. The van der Waals surface area contributed by atoms with Crippen LogP contribution in [0.4, 0.5) is 5.69 Å². The minimum atomic E-state index is -0.734. The maximum atomic E-state index is 12.8. The van der Waals surface area contributed by atoms with Crippen LogP contribution in [0.1, 0.15) is 49.4 Å². The highest BCUT2D eigenvalue weighted by molar-refractivity contribution is 8.77. The van der Waals surface area contributed by atoms with Gasteiger partial charge < -0.3 is 10.4 Å². The zero-order valence-corrected chi connectivity index (χ0v) is 20.4. The van der Waals surface area contributed by atoms with Gasteiger partial charge in [0.25, 0.3) is 5.91 Å². The monoisotopic (exact) mass is 477 g/mol. The first-order chi connectivity index (χ1) is 15.0. The van der Waals surface area contributed by atoms with E-state index in [9.17, 15) is 9.59 Å². The SMILES string of the molecule is C=S(CC)CCC(CCCCC(=O)O)SSc1ccccc1C(=O)Nc1ccccc1. The second kappa shape index (κ2) is 14.4. The molecule has 2 rings (SSSR count). The number of benzene rings is 2. The van der Waals surface area contributed by atoms with Crippen molar-refractivity contribution in [2.24, 2.45) is 0 Å². The number of hydrogen-bond donors (Lipinski definition) is 2. The standard InChI is InChI=1S/C24H31NO3S3/c1-3-31(2)18-17-20(13-7-10-16-23(26)27)29-30-22-15-9-8-14-21(22)24(28)25-19-11-5-4-6-12-19/h4-6,8-9,11-12,14-15,20H,2-3,7,10,13,16-18H2,1H3,(H,25,28)(H,26,27). The van der Waals surface area contributed by atoms with E-state index in [2.05, 4.69) is 18.1 Å². The summed E-state index contributed by atoms with van der Waals surface area (Å²) in [5, 5.41) is 12.2. The number of rotatable bonds is 14. The second-order valence-corrected chi connectivity index (χ2v) is 11.9. The fourth-order valence-corrected chi connectivity index (χ4v) is 6.79. The van der Waals surface area contributed by atoms with Crippen LogP contribution in [0.5, 0.6) is 0 Å². The highest BCUT2D eigenvalue weighted by Gasteiger charge is 2.16. The van der Waals surface area contributed by atoms with Crippen molar-refractivity contribution in [3.63, 3.8) is 0 Å². The average Bonchev–Trinajstić information content (AvgIpc) is 2.78. The smallest absolute Gasteiger partial charge is 0.303 e. The molecule has 0 bridgehead atoms. The summed E-state index contributed by atoms with van der Waals surface area (Å²) in [5.74, 6) is 5.55. The number of carboxylic acids is 1. The van der Waals surface area contributed by atoms with Gasteiger partial charge in [0.15, 0.2) is 0 Å². The predicted octanol–water partition coefficient (Wildman–Crippen LogP) is 6.80. The van der Waals surface area contributed by atoms with Gasteiger partial charge in [0.05, 0.1) is 5.56 Å². The third-order valence-electron chi connectivity index (χ3n) is 4.74. The van der Waals surface area contributed by atoms with Crippen LogP contribution in [0.2, 0.25) is 0 Å². The maximum absolute atomic E-state index is 12.8. The lowest BCUT2D eigenvalue weighted by molar-refractivity contribution is -0.137. The first kappa shape index (κ1) is 25.6. The average molecular weight is 478 g/mol. The molecular weight excluding hydrogens is 446 g/mol. The largest absolute Gasteiger partial charge is 0.481 e. The lowest BCUT2D eigenvalue weighted by atomic mass is 10.1. The van der Waals surface area contributed by atoms with Crippen LogP contribution in [0.15, 0.2) is 59.5 Å². The Labute approximate surface area is 195 Å². The normalized spacial score (nSPS) is 12.8. The summed E-state index contributed by atoms with van der Waals surface area (Å²) in [6.07, 6.45) is 3.87. The first-order valence-corrected chi connectivity index (χ1v) is 14.4. The molecule has 4 nitrogen and oxygen atoms in total. The van der Waals surface area contributed by atoms with Crippen LogP contribution in [0.3, 0.4) is 0 Å². The van der Waals surface area contributed by atoms with Crippen LogP contribution in [-0.2, 0) is 4.79 Å². The first-order valence-electron chi connectivity index (χ1n) is 10.5. The van der Waals surface area contributed by atoms with Crippen molar-refractivity contribution >= 4 is 55.5 Å². The number of carboxylic acid groups (broad SMARTS) is 1. The predicted molar refractivity (Wildman–Crippen MR) is 139 cm³/mol. The molecule has 7 heteroatoms. The van der Waals surface area contributed by atoms with E-state index >= 15 is 0 Å². The molecule has 0 aliphatic heterocycles. The van der Waals surface area contributed by atoms with Gasteiger partial charge in [0.1, 0.15) is 0 Å². The summed E-state index contributed by atoms with van der Waals surface area (Å²) in [6, 6.07) is 17.1. The molecule has 0 saturated heterocycles. The molecule has 0 heterocycles. The third-order valence-corrected chi connectivity index (χ3v) is 9.39. The molecule has 168 valence electrons. The summed E-state index contributed by atoms with van der Waals surface area (Å²) >= 11 is 0.